The van der Waals surface area contributed by atoms with E-state index in [1.54, 1.807) is 0 Å². The molecule has 4 heterocycles. The molecule has 3 fully saturated rings. The first-order valence-electron chi connectivity index (χ1n) is 11.4. The lowest BCUT2D eigenvalue weighted by atomic mass is 9.84. The van der Waals surface area contributed by atoms with Gasteiger partial charge in [-0.2, -0.15) is 0 Å². The SMILES string of the molecule is CC(C)NC(=O)C[C@@H]1CN(Cc2cncn2C)[C@@H]2CO[C@@H](CC(=O)N3CCOCC3)[C@H]12. The topological polar surface area (TPSA) is 88.9 Å². The normalized spacial score (nSPS) is 28.8. The average molecular weight is 434 g/mol. The minimum absolute atomic E-state index is 0.0753. The zero-order chi connectivity index (χ0) is 22.0. The number of amides is 2. The van der Waals surface area contributed by atoms with Crippen LogP contribution in [0.1, 0.15) is 32.4 Å². The fraction of sp³-hybridized carbons (Fsp3) is 0.773. The zero-order valence-corrected chi connectivity index (χ0v) is 18.8. The molecule has 0 unspecified atom stereocenters. The van der Waals surface area contributed by atoms with Crippen LogP contribution in [0.2, 0.25) is 0 Å². The van der Waals surface area contributed by atoms with Crippen LogP contribution in [-0.2, 0) is 32.7 Å². The van der Waals surface area contributed by atoms with Gasteiger partial charge in [0.25, 0.3) is 0 Å². The summed E-state index contributed by atoms with van der Waals surface area (Å²) in [6.45, 7) is 8.65. The van der Waals surface area contributed by atoms with Crippen molar-refractivity contribution in [3.63, 3.8) is 0 Å². The molecule has 3 aliphatic heterocycles. The molecule has 3 aliphatic rings. The van der Waals surface area contributed by atoms with Crippen molar-refractivity contribution < 1.29 is 19.1 Å². The Morgan fingerprint density at radius 1 is 1.26 bits per heavy atom. The first-order valence-corrected chi connectivity index (χ1v) is 11.4. The number of nitrogens with one attached hydrogen (secondary N) is 1. The van der Waals surface area contributed by atoms with Gasteiger partial charge in [-0.1, -0.05) is 0 Å². The zero-order valence-electron chi connectivity index (χ0n) is 18.8. The van der Waals surface area contributed by atoms with Crippen molar-refractivity contribution in [2.45, 2.75) is 51.4 Å². The minimum Gasteiger partial charge on any atom is -0.378 e. The Morgan fingerprint density at radius 2 is 2.03 bits per heavy atom. The van der Waals surface area contributed by atoms with Crippen LogP contribution in [0.3, 0.4) is 0 Å². The molecule has 1 aromatic heterocycles. The number of imidazole rings is 1. The Bertz CT molecular complexity index is 776. The fourth-order valence-corrected chi connectivity index (χ4v) is 5.27. The van der Waals surface area contributed by atoms with Gasteiger partial charge in [-0.15, -0.1) is 0 Å². The van der Waals surface area contributed by atoms with Crippen molar-refractivity contribution in [3.8, 4) is 0 Å². The average Bonchev–Trinajstić information content (AvgIpc) is 3.41. The molecule has 4 rings (SSSR count). The molecule has 0 aromatic carbocycles. The lowest BCUT2D eigenvalue weighted by Gasteiger charge is -2.29. The molecular weight excluding hydrogens is 398 g/mol. The van der Waals surface area contributed by atoms with E-state index in [9.17, 15) is 9.59 Å². The third kappa shape index (κ3) is 5.10. The van der Waals surface area contributed by atoms with E-state index in [0.717, 1.165) is 18.8 Å². The summed E-state index contributed by atoms with van der Waals surface area (Å²) in [4.78, 5) is 34.0. The van der Waals surface area contributed by atoms with Crippen molar-refractivity contribution in [1.29, 1.82) is 0 Å². The summed E-state index contributed by atoms with van der Waals surface area (Å²) in [5.41, 5.74) is 1.14. The van der Waals surface area contributed by atoms with Crippen molar-refractivity contribution in [2.75, 3.05) is 39.5 Å². The van der Waals surface area contributed by atoms with E-state index in [-0.39, 0.29) is 41.8 Å². The number of fused-ring (bicyclic) bond motifs is 1. The molecule has 2 amide bonds. The van der Waals surface area contributed by atoms with Gasteiger partial charge in [0, 0.05) is 63.8 Å². The number of nitrogens with zero attached hydrogens (tertiary/aromatic N) is 4. The summed E-state index contributed by atoms with van der Waals surface area (Å²) in [5.74, 6) is 0.550. The molecule has 172 valence electrons. The monoisotopic (exact) mass is 433 g/mol. The second-order valence-corrected chi connectivity index (χ2v) is 9.33. The number of carbonyl (C=O) groups is 2. The second-order valence-electron chi connectivity index (χ2n) is 9.33. The Labute approximate surface area is 184 Å². The number of hydrogen-bond acceptors (Lipinski definition) is 6. The maximum absolute atomic E-state index is 12.9. The van der Waals surface area contributed by atoms with Gasteiger partial charge in [-0.25, -0.2) is 4.98 Å². The fourth-order valence-electron chi connectivity index (χ4n) is 5.27. The number of aromatic nitrogens is 2. The molecule has 0 spiro atoms. The first kappa shape index (κ1) is 22.2. The number of ether oxygens (including phenoxy) is 2. The maximum Gasteiger partial charge on any atom is 0.225 e. The van der Waals surface area contributed by atoms with Crippen LogP contribution in [0.25, 0.3) is 0 Å². The summed E-state index contributed by atoms with van der Waals surface area (Å²) in [5, 5.41) is 3.02. The molecule has 0 saturated carbocycles. The summed E-state index contributed by atoms with van der Waals surface area (Å²) in [6, 6.07) is 0.336. The molecule has 31 heavy (non-hydrogen) atoms. The number of morpholine rings is 1. The summed E-state index contributed by atoms with van der Waals surface area (Å²) in [7, 11) is 2.00. The molecule has 0 aliphatic carbocycles. The van der Waals surface area contributed by atoms with E-state index >= 15 is 0 Å². The second kappa shape index (κ2) is 9.67. The molecule has 0 radical (unpaired) electrons. The number of rotatable bonds is 7. The highest BCUT2D eigenvalue weighted by Crippen LogP contribution is 2.42. The summed E-state index contributed by atoms with van der Waals surface area (Å²) in [6.07, 6.45) is 4.40. The Balaban J connectivity index is 1.46. The van der Waals surface area contributed by atoms with Crippen LogP contribution in [-0.4, -0.2) is 88.8 Å². The van der Waals surface area contributed by atoms with E-state index in [1.165, 1.54) is 0 Å². The highest BCUT2D eigenvalue weighted by atomic mass is 16.5. The molecule has 4 atom stereocenters. The van der Waals surface area contributed by atoms with E-state index in [2.05, 4.69) is 15.2 Å². The van der Waals surface area contributed by atoms with Crippen molar-refractivity contribution >= 4 is 11.8 Å². The van der Waals surface area contributed by atoms with E-state index in [4.69, 9.17) is 9.47 Å². The lowest BCUT2D eigenvalue weighted by Crippen LogP contribution is -2.43. The summed E-state index contributed by atoms with van der Waals surface area (Å²) >= 11 is 0. The third-order valence-corrected chi connectivity index (χ3v) is 6.76. The van der Waals surface area contributed by atoms with E-state index in [0.29, 0.717) is 45.8 Å². The van der Waals surface area contributed by atoms with Gasteiger partial charge in [0.2, 0.25) is 11.8 Å². The van der Waals surface area contributed by atoms with Crippen LogP contribution < -0.4 is 5.32 Å². The number of aryl methyl sites for hydroxylation is 1. The first-order chi connectivity index (χ1) is 14.9. The van der Waals surface area contributed by atoms with Gasteiger partial charge in [0.05, 0.1) is 44.4 Å². The van der Waals surface area contributed by atoms with Gasteiger partial charge in [0.1, 0.15) is 0 Å². The van der Waals surface area contributed by atoms with Crippen LogP contribution in [0, 0.1) is 11.8 Å². The Kier molecular flexibility index (Phi) is 6.93. The van der Waals surface area contributed by atoms with Gasteiger partial charge in [-0.05, 0) is 19.8 Å². The third-order valence-electron chi connectivity index (χ3n) is 6.76. The quantitative estimate of drug-likeness (QED) is 0.670. The molecule has 9 nitrogen and oxygen atoms in total. The molecule has 3 saturated heterocycles. The maximum atomic E-state index is 12.9. The Morgan fingerprint density at radius 3 is 2.71 bits per heavy atom. The van der Waals surface area contributed by atoms with Gasteiger partial charge in [-0.3, -0.25) is 14.5 Å². The number of carbonyl (C=O) groups excluding carboxylic acids is 2. The summed E-state index contributed by atoms with van der Waals surface area (Å²) < 4.78 is 13.6. The van der Waals surface area contributed by atoms with Gasteiger partial charge < -0.3 is 24.3 Å². The smallest absolute Gasteiger partial charge is 0.225 e. The molecule has 1 aromatic rings. The van der Waals surface area contributed by atoms with Crippen LogP contribution in [0.15, 0.2) is 12.5 Å². The van der Waals surface area contributed by atoms with Gasteiger partial charge >= 0.3 is 0 Å². The van der Waals surface area contributed by atoms with E-state index < -0.39 is 0 Å². The van der Waals surface area contributed by atoms with Crippen LogP contribution >= 0.6 is 0 Å². The number of hydrogen-bond donors (Lipinski definition) is 1. The predicted octanol–water partition coefficient (Wildman–Crippen LogP) is 0.399. The van der Waals surface area contributed by atoms with E-state index in [1.807, 2.05) is 42.9 Å². The van der Waals surface area contributed by atoms with Crippen molar-refractivity contribution in [1.82, 2.24) is 24.7 Å². The highest BCUT2D eigenvalue weighted by Gasteiger charge is 2.51. The van der Waals surface area contributed by atoms with Crippen molar-refractivity contribution in [3.05, 3.63) is 18.2 Å². The van der Waals surface area contributed by atoms with Gasteiger partial charge in [0.15, 0.2) is 0 Å². The lowest BCUT2D eigenvalue weighted by molar-refractivity contribution is -0.138. The highest BCUT2D eigenvalue weighted by molar-refractivity contribution is 5.77. The van der Waals surface area contributed by atoms with Crippen LogP contribution in [0.5, 0.6) is 0 Å². The molecule has 1 N–H and O–H groups in total. The Hall–Kier alpha value is -1.97. The standard InChI is InChI=1S/C22H35N5O4/c1-15(2)24-20(28)8-16-11-27(12-17-10-23-14-25(17)3)18-13-31-19(22(16)18)9-21(29)26-4-6-30-7-5-26/h10,14-16,18-19,22H,4-9,11-13H2,1-3H3,(H,24,28)/t16-,18-,19+,22-/m1/s1. The minimum atomic E-state index is -0.145. The molecule has 0 bridgehead atoms. The molecular formula is C22H35N5O4. The van der Waals surface area contributed by atoms with Crippen molar-refractivity contribution in [2.24, 2.45) is 18.9 Å². The largest absolute Gasteiger partial charge is 0.378 e. The number of likely N-dealkylation sites (tertiary alicyclic amines) is 1. The van der Waals surface area contributed by atoms with Crippen LogP contribution in [0.4, 0.5) is 0 Å². The predicted molar refractivity (Wildman–Crippen MR) is 114 cm³/mol. The molecule has 9 heteroatoms.